The fraction of sp³-hybridized carbons (Fsp3) is 0.350. The van der Waals surface area contributed by atoms with Gasteiger partial charge in [-0.05, 0) is 50.5 Å². The Kier molecular flexibility index (Phi) is 6.33. The van der Waals surface area contributed by atoms with Gasteiger partial charge in [-0.15, -0.1) is 0 Å². The molecule has 26 heavy (non-hydrogen) atoms. The fourth-order valence-corrected chi connectivity index (χ4v) is 2.70. The summed E-state index contributed by atoms with van der Waals surface area (Å²) in [6.45, 7) is 6.94. The van der Waals surface area contributed by atoms with Crippen molar-refractivity contribution in [3.8, 4) is 0 Å². The molecule has 0 aliphatic rings. The molecule has 0 bridgehead atoms. The van der Waals surface area contributed by atoms with E-state index in [2.05, 4.69) is 4.98 Å². The highest BCUT2D eigenvalue weighted by atomic mass is 16.5. The highest BCUT2D eigenvalue weighted by Crippen LogP contribution is 2.19. The first-order chi connectivity index (χ1) is 12.4. The van der Waals surface area contributed by atoms with Crippen LogP contribution in [0.4, 0.5) is 0 Å². The molecule has 1 aromatic heterocycles. The summed E-state index contributed by atoms with van der Waals surface area (Å²) in [6, 6.07) is 7.05. The third-order valence-electron chi connectivity index (χ3n) is 4.13. The van der Waals surface area contributed by atoms with Crippen molar-refractivity contribution < 1.29 is 23.9 Å². The van der Waals surface area contributed by atoms with Gasteiger partial charge in [0.1, 0.15) is 0 Å². The Balaban J connectivity index is 2.06. The molecule has 2 rings (SSSR count). The van der Waals surface area contributed by atoms with Crippen molar-refractivity contribution in [1.29, 1.82) is 0 Å². The number of esters is 2. The summed E-state index contributed by atoms with van der Waals surface area (Å²) >= 11 is 0. The highest BCUT2D eigenvalue weighted by molar-refractivity contribution is 6.03. The van der Waals surface area contributed by atoms with Gasteiger partial charge in [0.2, 0.25) is 5.78 Å². The van der Waals surface area contributed by atoms with Crippen molar-refractivity contribution >= 4 is 17.7 Å². The topological polar surface area (TPSA) is 85.5 Å². The van der Waals surface area contributed by atoms with Crippen LogP contribution in [0.25, 0.3) is 0 Å². The first-order valence-corrected chi connectivity index (χ1v) is 8.54. The number of carbonyl (C=O) groups excluding carboxylic acids is 3. The quantitative estimate of drug-likeness (QED) is 0.606. The lowest BCUT2D eigenvalue weighted by atomic mass is 10.1. The summed E-state index contributed by atoms with van der Waals surface area (Å²) in [7, 11) is 0. The monoisotopic (exact) mass is 357 g/mol. The van der Waals surface area contributed by atoms with E-state index in [1.807, 2.05) is 19.1 Å². The van der Waals surface area contributed by atoms with Gasteiger partial charge in [0.05, 0.1) is 23.4 Å². The molecular weight excluding hydrogens is 334 g/mol. The molecule has 0 saturated heterocycles. The largest absolute Gasteiger partial charge is 0.462 e. The molecule has 1 heterocycles. The Morgan fingerprint density at radius 1 is 0.962 bits per heavy atom. The van der Waals surface area contributed by atoms with Gasteiger partial charge in [0.15, 0.2) is 6.61 Å². The van der Waals surface area contributed by atoms with E-state index in [-0.39, 0.29) is 12.3 Å². The lowest BCUT2D eigenvalue weighted by Crippen LogP contribution is -2.15. The van der Waals surface area contributed by atoms with Gasteiger partial charge < -0.3 is 14.5 Å². The summed E-state index contributed by atoms with van der Waals surface area (Å²) in [5.74, 6) is -1.45. The standard InChI is InChI=1S/C20H23NO5/c1-5-14-7-9-15(10-8-14)19(23)26-11-16(22)18-12(3)17(13(4)21-18)20(24)25-6-2/h7-10,21H,5-6,11H2,1-4H3. The van der Waals surface area contributed by atoms with Crippen LogP contribution in [0.1, 0.15) is 61.9 Å². The molecule has 0 atom stereocenters. The van der Waals surface area contributed by atoms with Crippen LogP contribution in [0.15, 0.2) is 24.3 Å². The molecule has 2 aromatic rings. The van der Waals surface area contributed by atoms with Crippen LogP contribution in [-0.2, 0) is 15.9 Å². The predicted molar refractivity (Wildman–Crippen MR) is 96.7 cm³/mol. The minimum absolute atomic E-state index is 0.250. The van der Waals surface area contributed by atoms with E-state index in [0.717, 1.165) is 12.0 Å². The average molecular weight is 357 g/mol. The number of aryl methyl sites for hydroxylation is 2. The molecule has 1 aromatic carbocycles. The van der Waals surface area contributed by atoms with Crippen LogP contribution in [0, 0.1) is 13.8 Å². The lowest BCUT2D eigenvalue weighted by Gasteiger charge is -2.05. The molecule has 138 valence electrons. The Hall–Kier alpha value is -2.89. The van der Waals surface area contributed by atoms with Crippen LogP contribution in [-0.4, -0.2) is 35.9 Å². The molecule has 0 aliphatic heterocycles. The molecule has 0 spiro atoms. The Bertz CT molecular complexity index is 817. The van der Waals surface area contributed by atoms with E-state index in [4.69, 9.17) is 9.47 Å². The molecule has 6 nitrogen and oxygen atoms in total. The molecule has 0 aliphatic carbocycles. The van der Waals surface area contributed by atoms with E-state index in [9.17, 15) is 14.4 Å². The molecule has 0 fully saturated rings. The van der Waals surface area contributed by atoms with Gasteiger partial charge in [0, 0.05) is 5.69 Å². The van der Waals surface area contributed by atoms with Crippen LogP contribution in [0.3, 0.4) is 0 Å². The number of hydrogen-bond acceptors (Lipinski definition) is 5. The minimum atomic E-state index is -0.562. The second-order valence-electron chi connectivity index (χ2n) is 5.90. The summed E-state index contributed by atoms with van der Waals surface area (Å²) in [5.41, 5.74) is 3.14. The van der Waals surface area contributed by atoms with Crippen LogP contribution >= 0.6 is 0 Å². The summed E-state index contributed by atoms with van der Waals surface area (Å²) in [6.07, 6.45) is 0.877. The Morgan fingerprint density at radius 3 is 2.19 bits per heavy atom. The first kappa shape index (κ1) is 19.4. The fourth-order valence-electron chi connectivity index (χ4n) is 2.70. The number of benzene rings is 1. The number of nitrogens with one attached hydrogen (secondary N) is 1. The SMILES string of the molecule is CCOC(=O)c1c(C)[nH]c(C(=O)COC(=O)c2ccc(CC)cc2)c1C. The van der Waals surface area contributed by atoms with E-state index in [0.29, 0.717) is 22.4 Å². The van der Waals surface area contributed by atoms with Gasteiger partial charge >= 0.3 is 11.9 Å². The number of carbonyl (C=O) groups is 3. The van der Waals surface area contributed by atoms with Crippen LogP contribution in [0.2, 0.25) is 0 Å². The Labute approximate surface area is 152 Å². The zero-order chi connectivity index (χ0) is 19.3. The number of aromatic nitrogens is 1. The van der Waals surface area contributed by atoms with Crippen molar-refractivity contribution in [3.05, 3.63) is 57.9 Å². The molecule has 6 heteroatoms. The summed E-state index contributed by atoms with van der Waals surface area (Å²) < 4.78 is 10.1. The zero-order valence-corrected chi connectivity index (χ0v) is 15.5. The number of aromatic amines is 1. The Morgan fingerprint density at radius 2 is 1.62 bits per heavy atom. The third kappa shape index (κ3) is 4.20. The molecular formula is C20H23NO5. The lowest BCUT2D eigenvalue weighted by molar-refractivity contribution is 0.0472. The smallest absolute Gasteiger partial charge is 0.340 e. The van der Waals surface area contributed by atoms with E-state index in [1.165, 1.54) is 0 Å². The number of Topliss-reactive ketones (excluding diaryl/α,β-unsaturated/α-hetero) is 1. The van der Waals surface area contributed by atoms with Gasteiger partial charge in [-0.2, -0.15) is 0 Å². The number of rotatable bonds is 7. The van der Waals surface area contributed by atoms with E-state index < -0.39 is 24.3 Å². The van der Waals surface area contributed by atoms with Crippen LogP contribution < -0.4 is 0 Å². The van der Waals surface area contributed by atoms with Crippen molar-refractivity contribution in [2.45, 2.75) is 34.1 Å². The maximum Gasteiger partial charge on any atom is 0.340 e. The van der Waals surface area contributed by atoms with Crippen LogP contribution in [0.5, 0.6) is 0 Å². The number of ketones is 1. The number of hydrogen-bond donors (Lipinski definition) is 1. The molecule has 1 N–H and O–H groups in total. The maximum absolute atomic E-state index is 12.4. The molecule has 0 unspecified atom stereocenters. The summed E-state index contributed by atoms with van der Waals surface area (Å²) in [5, 5.41) is 0. The maximum atomic E-state index is 12.4. The second kappa shape index (κ2) is 8.47. The van der Waals surface area contributed by atoms with E-state index in [1.54, 1.807) is 32.9 Å². The van der Waals surface area contributed by atoms with Crippen molar-refractivity contribution in [2.75, 3.05) is 13.2 Å². The number of H-pyrrole nitrogens is 1. The van der Waals surface area contributed by atoms with Gasteiger partial charge in [-0.3, -0.25) is 4.79 Å². The molecule has 0 saturated carbocycles. The normalized spacial score (nSPS) is 10.5. The van der Waals surface area contributed by atoms with Gasteiger partial charge in [-0.25, -0.2) is 9.59 Å². The summed E-state index contributed by atoms with van der Waals surface area (Å²) in [4.78, 5) is 39.3. The van der Waals surface area contributed by atoms with Gasteiger partial charge in [-0.1, -0.05) is 19.1 Å². The van der Waals surface area contributed by atoms with Crippen molar-refractivity contribution in [3.63, 3.8) is 0 Å². The highest BCUT2D eigenvalue weighted by Gasteiger charge is 2.23. The predicted octanol–water partition coefficient (Wildman–Crippen LogP) is 3.41. The van der Waals surface area contributed by atoms with Crippen molar-refractivity contribution in [2.24, 2.45) is 0 Å². The average Bonchev–Trinajstić information content (AvgIpc) is 2.94. The van der Waals surface area contributed by atoms with E-state index >= 15 is 0 Å². The molecule has 0 radical (unpaired) electrons. The molecule has 0 amide bonds. The second-order valence-corrected chi connectivity index (χ2v) is 5.90. The van der Waals surface area contributed by atoms with Gasteiger partial charge in [0.25, 0.3) is 0 Å². The zero-order valence-electron chi connectivity index (χ0n) is 15.5. The third-order valence-corrected chi connectivity index (χ3v) is 4.13. The first-order valence-electron chi connectivity index (χ1n) is 8.54. The van der Waals surface area contributed by atoms with Crippen molar-refractivity contribution in [1.82, 2.24) is 4.98 Å². The number of ether oxygens (including phenoxy) is 2. The minimum Gasteiger partial charge on any atom is -0.462 e.